The number of halogens is 1. The van der Waals surface area contributed by atoms with E-state index in [-0.39, 0.29) is 18.1 Å². The predicted molar refractivity (Wildman–Crippen MR) is 148 cm³/mol. The van der Waals surface area contributed by atoms with E-state index in [9.17, 15) is 9.18 Å². The van der Waals surface area contributed by atoms with Gasteiger partial charge in [-0.15, -0.1) is 11.3 Å². The molecular formula is C28H30FN7O2S. The maximum Gasteiger partial charge on any atom is 0.274 e. The highest BCUT2D eigenvalue weighted by molar-refractivity contribution is 7.14. The Morgan fingerprint density at radius 3 is 2.90 bits per heavy atom. The summed E-state index contributed by atoms with van der Waals surface area (Å²) in [5, 5.41) is 8.85. The highest BCUT2D eigenvalue weighted by atomic mass is 32.1. The SMILES string of the molecule is O=C(Nc1nc(C2CCCN2c2ccc(OC3CCNCC3)nc2)cs1)c1cccn1Cc1ccnc(F)c1. The predicted octanol–water partition coefficient (Wildman–Crippen LogP) is 4.65. The molecule has 4 aromatic rings. The van der Waals surface area contributed by atoms with Crippen molar-refractivity contribution >= 4 is 28.1 Å². The molecule has 2 aliphatic heterocycles. The lowest BCUT2D eigenvalue weighted by Crippen LogP contribution is -2.34. The maximum atomic E-state index is 13.5. The van der Waals surface area contributed by atoms with Crippen LogP contribution in [0.5, 0.6) is 5.88 Å². The molecular weight excluding hydrogens is 517 g/mol. The Kier molecular flexibility index (Phi) is 7.51. The summed E-state index contributed by atoms with van der Waals surface area (Å²) in [6, 6.07) is 10.8. The molecule has 1 atom stereocenters. The Morgan fingerprint density at radius 1 is 1.18 bits per heavy atom. The molecule has 1 unspecified atom stereocenters. The van der Waals surface area contributed by atoms with Crippen molar-refractivity contribution in [1.82, 2.24) is 24.8 Å². The molecule has 1 amide bonds. The van der Waals surface area contributed by atoms with E-state index in [0.29, 0.717) is 23.3 Å². The van der Waals surface area contributed by atoms with Crippen LogP contribution in [0.1, 0.15) is 53.5 Å². The molecule has 9 nitrogen and oxygen atoms in total. The van der Waals surface area contributed by atoms with Crippen LogP contribution in [0.25, 0.3) is 0 Å². The van der Waals surface area contributed by atoms with Gasteiger partial charge in [-0.2, -0.15) is 4.39 Å². The van der Waals surface area contributed by atoms with Crippen LogP contribution < -0.4 is 20.3 Å². The van der Waals surface area contributed by atoms with E-state index < -0.39 is 5.95 Å². The number of carbonyl (C=O) groups excluding carboxylic acids is 1. The van der Waals surface area contributed by atoms with E-state index in [1.165, 1.54) is 23.6 Å². The molecule has 2 N–H and O–H groups in total. The lowest BCUT2D eigenvalue weighted by atomic mass is 10.1. The largest absolute Gasteiger partial charge is 0.474 e. The number of hydrogen-bond donors (Lipinski definition) is 2. The van der Waals surface area contributed by atoms with E-state index in [0.717, 1.165) is 62.3 Å². The van der Waals surface area contributed by atoms with Gasteiger partial charge >= 0.3 is 0 Å². The van der Waals surface area contributed by atoms with Gasteiger partial charge in [0.05, 0.1) is 23.6 Å². The van der Waals surface area contributed by atoms with Crippen LogP contribution >= 0.6 is 11.3 Å². The fraction of sp³-hybridized carbons (Fsp3) is 0.357. The van der Waals surface area contributed by atoms with Crippen LogP contribution in [0.15, 0.2) is 60.4 Å². The van der Waals surface area contributed by atoms with Crippen molar-refractivity contribution in [3.05, 3.63) is 83.3 Å². The van der Waals surface area contributed by atoms with Crippen LogP contribution in [0, 0.1) is 5.95 Å². The summed E-state index contributed by atoms with van der Waals surface area (Å²) in [7, 11) is 0. The van der Waals surface area contributed by atoms with Gasteiger partial charge in [0, 0.05) is 36.9 Å². The number of rotatable bonds is 8. The average Bonchev–Trinajstić information content (AvgIpc) is 3.71. The highest BCUT2D eigenvalue weighted by Gasteiger charge is 2.29. The summed E-state index contributed by atoms with van der Waals surface area (Å²) in [5.74, 6) is -0.134. The molecule has 0 aliphatic carbocycles. The lowest BCUT2D eigenvalue weighted by Gasteiger charge is -2.26. The zero-order valence-electron chi connectivity index (χ0n) is 21.4. The van der Waals surface area contributed by atoms with Gasteiger partial charge in [-0.05, 0) is 74.7 Å². The van der Waals surface area contributed by atoms with E-state index in [1.54, 1.807) is 29.0 Å². The molecule has 0 aromatic carbocycles. The van der Waals surface area contributed by atoms with Gasteiger partial charge in [-0.25, -0.2) is 15.0 Å². The van der Waals surface area contributed by atoms with Crippen molar-refractivity contribution in [2.24, 2.45) is 0 Å². The monoisotopic (exact) mass is 547 g/mol. The second-order valence-electron chi connectivity index (χ2n) is 9.81. The molecule has 0 saturated carbocycles. The normalized spacial score (nSPS) is 17.9. The van der Waals surface area contributed by atoms with E-state index in [4.69, 9.17) is 9.72 Å². The van der Waals surface area contributed by atoms with Gasteiger partial charge < -0.3 is 19.5 Å². The summed E-state index contributed by atoms with van der Waals surface area (Å²) in [4.78, 5) is 28.3. The Bertz CT molecular complexity index is 1420. The molecule has 0 spiro atoms. The number of hydrogen-bond acceptors (Lipinski definition) is 8. The van der Waals surface area contributed by atoms with Crippen LogP contribution in [0.4, 0.5) is 15.2 Å². The zero-order valence-corrected chi connectivity index (χ0v) is 22.2. The van der Waals surface area contributed by atoms with Gasteiger partial charge in [0.2, 0.25) is 11.8 Å². The Morgan fingerprint density at radius 2 is 2.08 bits per heavy atom. The van der Waals surface area contributed by atoms with Crippen molar-refractivity contribution in [2.45, 2.75) is 44.4 Å². The van der Waals surface area contributed by atoms with Crippen LogP contribution in [-0.4, -0.2) is 51.2 Å². The summed E-state index contributed by atoms with van der Waals surface area (Å²) in [6.07, 6.45) is 9.35. The Hall–Kier alpha value is -3.83. The third-order valence-electron chi connectivity index (χ3n) is 7.17. The van der Waals surface area contributed by atoms with Crippen molar-refractivity contribution in [1.29, 1.82) is 0 Å². The molecule has 2 saturated heterocycles. The van der Waals surface area contributed by atoms with E-state index in [2.05, 4.69) is 31.6 Å². The Labute approximate surface area is 230 Å². The van der Waals surface area contributed by atoms with Crippen molar-refractivity contribution in [3.63, 3.8) is 0 Å². The molecule has 0 radical (unpaired) electrons. The number of piperidine rings is 1. The number of nitrogens with one attached hydrogen (secondary N) is 2. The lowest BCUT2D eigenvalue weighted by molar-refractivity contribution is 0.101. The minimum atomic E-state index is -0.542. The fourth-order valence-electron chi connectivity index (χ4n) is 5.23. The molecule has 39 heavy (non-hydrogen) atoms. The highest BCUT2D eigenvalue weighted by Crippen LogP contribution is 2.37. The number of carbonyl (C=O) groups is 1. The first kappa shape index (κ1) is 25.4. The Balaban J connectivity index is 1.10. The fourth-order valence-corrected chi connectivity index (χ4v) is 5.98. The summed E-state index contributed by atoms with van der Waals surface area (Å²) >= 11 is 1.42. The van der Waals surface area contributed by atoms with Gasteiger partial charge in [0.25, 0.3) is 5.91 Å². The van der Waals surface area contributed by atoms with E-state index >= 15 is 0 Å². The van der Waals surface area contributed by atoms with Crippen molar-refractivity contribution in [3.8, 4) is 5.88 Å². The quantitative estimate of drug-likeness (QED) is 0.310. The standard InChI is InChI=1S/C28H30FN7O2S/c29-25-15-19(7-12-31-25)17-35-13-1-4-24(35)27(37)34-28-33-22(18-39-28)23-3-2-14-36(23)20-5-6-26(32-16-20)38-21-8-10-30-11-9-21/h1,4-7,12-13,15-16,18,21,23,30H,2-3,8-11,14,17H2,(H,33,34,37). The van der Waals surface area contributed by atoms with Gasteiger partial charge in [0.15, 0.2) is 5.13 Å². The summed E-state index contributed by atoms with van der Waals surface area (Å²) < 4.78 is 21.3. The molecule has 4 aromatic heterocycles. The maximum absolute atomic E-state index is 13.5. The third-order valence-corrected chi connectivity index (χ3v) is 7.94. The number of ether oxygens (including phenoxy) is 1. The van der Waals surface area contributed by atoms with Crippen molar-refractivity contribution < 1.29 is 13.9 Å². The molecule has 11 heteroatoms. The molecule has 2 fully saturated rings. The minimum Gasteiger partial charge on any atom is -0.474 e. The van der Waals surface area contributed by atoms with Gasteiger partial charge in [0.1, 0.15) is 11.8 Å². The van der Waals surface area contributed by atoms with Gasteiger partial charge in [-0.1, -0.05) is 0 Å². The number of aromatic nitrogens is 4. The number of amides is 1. The molecule has 0 bridgehead atoms. The number of nitrogens with zero attached hydrogens (tertiary/aromatic N) is 5. The third kappa shape index (κ3) is 5.94. The topological polar surface area (TPSA) is 97.2 Å². The number of pyridine rings is 2. The molecule has 6 heterocycles. The first-order valence-electron chi connectivity index (χ1n) is 13.2. The summed E-state index contributed by atoms with van der Waals surface area (Å²) in [6.45, 7) is 3.25. The van der Waals surface area contributed by atoms with Crippen LogP contribution in [-0.2, 0) is 6.54 Å². The van der Waals surface area contributed by atoms with Crippen molar-refractivity contribution in [2.75, 3.05) is 29.9 Å². The molecule has 6 rings (SSSR count). The molecule has 202 valence electrons. The molecule has 2 aliphatic rings. The van der Waals surface area contributed by atoms with Crippen LogP contribution in [0.3, 0.4) is 0 Å². The first-order chi connectivity index (χ1) is 19.1. The second kappa shape index (κ2) is 11.5. The average molecular weight is 548 g/mol. The smallest absolute Gasteiger partial charge is 0.274 e. The number of thiazole rings is 1. The zero-order chi connectivity index (χ0) is 26.6. The van der Waals surface area contributed by atoms with Crippen LogP contribution in [0.2, 0.25) is 0 Å². The minimum absolute atomic E-state index is 0.121. The van der Waals surface area contributed by atoms with Gasteiger partial charge in [-0.3, -0.25) is 10.1 Å². The first-order valence-corrected chi connectivity index (χ1v) is 14.1. The second-order valence-corrected chi connectivity index (χ2v) is 10.7. The van der Waals surface area contributed by atoms with E-state index in [1.807, 2.05) is 17.6 Å². The number of anilines is 2. The summed E-state index contributed by atoms with van der Waals surface area (Å²) in [5.41, 5.74) is 3.18.